The molecule has 1 saturated heterocycles. The Morgan fingerprint density at radius 3 is 2.58 bits per heavy atom. The van der Waals surface area contributed by atoms with Gasteiger partial charge in [0.1, 0.15) is 0 Å². The third-order valence-corrected chi connectivity index (χ3v) is 5.46. The Labute approximate surface area is 178 Å². The number of ether oxygens (including phenoxy) is 1. The molecule has 0 aromatic heterocycles. The van der Waals surface area contributed by atoms with Gasteiger partial charge in [0.2, 0.25) is 0 Å². The molecule has 1 aliphatic carbocycles. The monoisotopic (exact) mass is 489 g/mol. The molecule has 1 heterocycles. The molecule has 1 aromatic carbocycles. The molecular weight excluding hydrogens is 461 g/mol. The molecule has 4 nitrogen and oxygen atoms in total. The molecule has 0 spiro atoms. The van der Waals surface area contributed by atoms with Crippen molar-refractivity contribution in [2.45, 2.75) is 44.1 Å². The van der Waals surface area contributed by atoms with Crippen molar-refractivity contribution in [3.8, 4) is 0 Å². The first kappa shape index (κ1) is 21.5. The largest absolute Gasteiger partial charge is 0.381 e. The summed E-state index contributed by atoms with van der Waals surface area (Å²) in [5.41, 5.74) is 1.15. The highest BCUT2D eigenvalue weighted by molar-refractivity contribution is 14.0. The number of rotatable bonds is 5. The van der Waals surface area contributed by atoms with Crippen molar-refractivity contribution in [3.63, 3.8) is 0 Å². The Kier molecular flexibility index (Phi) is 8.70. The Hall–Kier alpha value is -0.790. The molecule has 0 unspecified atom stereocenters. The lowest BCUT2D eigenvalue weighted by Gasteiger charge is -2.37. The van der Waals surface area contributed by atoms with Crippen LogP contribution in [0.25, 0.3) is 0 Å². The molecule has 0 saturated carbocycles. The third-order valence-electron chi connectivity index (χ3n) is 5.13. The SMILES string of the molecule is CCNC(=NCC1(c2ccccc2Cl)CCOCC1)NC1CC=CC1.I. The van der Waals surface area contributed by atoms with Gasteiger partial charge in [0.15, 0.2) is 5.96 Å². The summed E-state index contributed by atoms with van der Waals surface area (Å²) in [5, 5.41) is 7.76. The lowest BCUT2D eigenvalue weighted by molar-refractivity contribution is 0.0531. The van der Waals surface area contributed by atoms with Crippen molar-refractivity contribution >= 4 is 41.5 Å². The van der Waals surface area contributed by atoms with Gasteiger partial charge >= 0.3 is 0 Å². The molecule has 0 amide bonds. The number of guanidine groups is 1. The van der Waals surface area contributed by atoms with E-state index < -0.39 is 0 Å². The molecule has 2 aliphatic rings. The van der Waals surface area contributed by atoms with E-state index in [1.54, 1.807) is 0 Å². The highest BCUT2D eigenvalue weighted by Gasteiger charge is 2.36. The number of benzene rings is 1. The molecule has 3 rings (SSSR count). The van der Waals surface area contributed by atoms with Crippen LogP contribution >= 0.6 is 35.6 Å². The lowest BCUT2D eigenvalue weighted by Crippen LogP contribution is -2.44. The Balaban J connectivity index is 0.00000243. The summed E-state index contributed by atoms with van der Waals surface area (Å²) < 4.78 is 5.62. The number of nitrogens with zero attached hydrogens (tertiary/aromatic N) is 1. The maximum Gasteiger partial charge on any atom is 0.191 e. The molecule has 26 heavy (non-hydrogen) atoms. The van der Waals surface area contributed by atoms with Gasteiger partial charge in [-0.1, -0.05) is 42.0 Å². The number of hydrogen-bond donors (Lipinski definition) is 2. The lowest BCUT2D eigenvalue weighted by atomic mass is 9.74. The first-order valence-corrected chi connectivity index (χ1v) is 9.64. The van der Waals surface area contributed by atoms with E-state index in [2.05, 4.69) is 41.8 Å². The number of hydrogen-bond acceptors (Lipinski definition) is 2. The van der Waals surface area contributed by atoms with Gasteiger partial charge in [0, 0.05) is 36.2 Å². The molecule has 0 atom stereocenters. The first-order chi connectivity index (χ1) is 12.2. The van der Waals surface area contributed by atoms with E-state index in [4.69, 9.17) is 21.3 Å². The Morgan fingerprint density at radius 1 is 1.23 bits per heavy atom. The van der Waals surface area contributed by atoms with Crippen LogP contribution in [0.5, 0.6) is 0 Å². The summed E-state index contributed by atoms with van der Waals surface area (Å²) in [5.74, 6) is 0.897. The zero-order valence-electron chi connectivity index (χ0n) is 15.3. The number of nitrogens with one attached hydrogen (secondary N) is 2. The van der Waals surface area contributed by atoms with Crippen LogP contribution < -0.4 is 10.6 Å². The number of aliphatic imine (C=N–C) groups is 1. The predicted octanol–water partition coefficient (Wildman–Crippen LogP) is 4.28. The highest BCUT2D eigenvalue weighted by atomic mass is 127. The topological polar surface area (TPSA) is 45.7 Å². The standard InChI is InChI=1S/C20H28ClN3O.HI/c1-2-22-19(24-16-7-3-4-8-16)23-15-20(11-13-25-14-12-20)17-9-5-6-10-18(17)21;/h3-6,9-10,16H,2,7-8,11-15H2,1H3,(H2,22,23,24);1H. The first-order valence-electron chi connectivity index (χ1n) is 9.26. The molecule has 2 N–H and O–H groups in total. The van der Waals surface area contributed by atoms with Gasteiger partial charge in [-0.05, 0) is 44.2 Å². The van der Waals surface area contributed by atoms with E-state index in [1.165, 1.54) is 5.56 Å². The maximum atomic E-state index is 6.53. The van der Waals surface area contributed by atoms with Gasteiger partial charge in [-0.2, -0.15) is 0 Å². The van der Waals surface area contributed by atoms with Gasteiger partial charge in [-0.3, -0.25) is 4.99 Å². The van der Waals surface area contributed by atoms with Crippen molar-refractivity contribution in [1.82, 2.24) is 10.6 Å². The van der Waals surface area contributed by atoms with Crippen molar-refractivity contribution < 1.29 is 4.74 Å². The summed E-state index contributed by atoms with van der Waals surface area (Å²) in [6, 6.07) is 8.62. The molecule has 0 bridgehead atoms. The van der Waals surface area contributed by atoms with Crippen LogP contribution in [0.4, 0.5) is 0 Å². The van der Waals surface area contributed by atoms with Gasteiger partial charge in [-0.25, -0.2) is 0 Å². The zero-order chi connectivity index (χ0) is 17.5. The molecule has 1 fully saturated rings. The van der Waals surface area contributed by atoms with Crippen LogP contribution in [0.15, 0.2) is 41.4 Å². The normalized spacial score (nSPS) is 19.8. The summed E-state index contributed by atoms with van der Waals surface area (Å²) in [6.45, 7) is 5.20. The van der Waals surface area contributed by atoms with E-state index >= 15 is 0 Å². The average molecular weight is 490 g/mol. The minimum Gasteiger partial charge on any atom is -0.381 e. The zero-order valence-corrected chi connectivity index (χ0v) is 18.4. The fourth-order valence-corrected chi connectivity index (χ4v) is 3.98. The van der Waals surface area contributed by atoms with Crippen LogP contribution in [0.2, 0.25) is 5.02 Å². The van der Waals surface area contributed by atoms with Gasteiger partial charge in [0.05, 0.1) is 6.54 Å². The van der Waals surface area contributed by atoms with Gasteiger partial charge in [0.25, 0.3) is 0 Å². The Bertz CT molecular complexity index is 621. The van der Waals surface area contributed by atoms with Crippen molar-refractivity contribution in [3.05, 3.63) is 47.0 Å². The summed E-state index contributed by atoms with van der Waals surface area (Å²) in [7, 11) is 0. The molecular formula is C20H29ClIN3O. The van der Waals surface area contributed by atoms with E-state index in [0.717, 1.165) is 63.0 Å². The Morgan fingerprint density at radius 2 is 1.92 bits per heavy atom. The third kappa shape index (κ3) is 5.36. The van der Waals surface area contributed by atoms with E-state index in [0.29, 0.717) is 6.04 Å². The quantitative estimate of drug-likeness (QED) is 0.281. The van der Waals surface area contributed by atoms with E-state index in [1.807, 2.05) is 12.1 Å². The second-order valence-corrected chi connectivity index (χ2v) is 7.26. The molecule has 1 aliphatic heterocycles. The molecule has 1 aromatic rings. The highest BCUT2D eigenvalue weighted by Crippen LogP contribution is 2.38. The van der Waals surface area contributed by atoms with Crippen LogP contribution in [0.3, 0.4) is 0 Å². The minimum atomic E-state index is -0.0487. The fraction of sp³-hybridized carbons (Fsp3) is 0.550. The smallest absolute Gasteiger partial charge is 0.191 e. The second kappa shape index (κ2) is 10.5. The summed E-state index contributed by atoms with van der Waals surface area (Å²) in [6.07, 6.45) is 8.48. The van der Waals surface area contributed by atoms with Crippen LogP contribution in [0.1, 0.15) is 38.2 Å². The molecule has 0 radical (unpaired) electrons. The van der Waals surface area contributed by atoms with Crippen LogP contribution in [-0.2, 0) is 10.2 Å². The molecule has 144 valence electrons. The van der Waals surface area contributed by atoms with Gasteiger partial charge < -0.3 is 15.4 Å². The fourth-order valence-electron chi connectivity index (χ4n) is 3.64. The average Bonchev–Trinajstić information content (AvgIpc) is 3.14. The summed E-state index contributed by atoms with van der Waals surface area (Å²) in [4.78, 5) is 4.94. The van der Waals surface area contributed by atoms with Crippen molar-refractivity contribution in [2.24, 2.45) is 4.99 Å². The van der Waals surface area contributed by atoms with E-state index in [-0.39, 0.29) is 29.4 Å². The minimum absolute atomic E-state index is 0. The second-order valence-electron chi connectivity index (χ2n) is 6.85. The van der Waals surface area contributed by atoms with Crippen LogP contribution in [-0.4, -0.2) is 38.3 Å². The summed E-state index contributed by atoms with van der Waals surface area (Å²) >= 11 is 6.53. The van der Waals surface area contributed by atoms with Crippen molar-refractivity contribution in [2.75, 3.05) is 26.3 Å². The number of halogens is 2. The van der Waals surface area contributed by atoms with Crippen LogP contribution in [0, 0.1) is 0 Å². The van der Waals surface area contributed by atoms with E-state index in [9.17, 15) is 0 Å². The van der Waals surface area contributed by atoms with Gasteiger partial charge in [-0.15, -0.1) is 24.0 Å². The molecule has 6 heteroatoms. The predicted molar refractivity (Wildman–Crippen MR) is 120 cm³/mol. The maximum absolute atomic E-state index is 6.53. The van der Waals surface area contributed by atoms with Crippen molar-refractivity contribution in [1.29, 1.82) is 0 Å².